The summed E-state index contributed by atoms with van der Waals surface area (Å²) in [6.07, 6.45) is 0. The number of hydrogen-bond acceptors (Lipinski definition) is 4. The predicted molar refractivity (Wildman–Crippen MR) is 230 cm³/mol. The van der Waals surface area contributed by atoms with Crippen LogP contribution < -0.4 is 0 Å². The number of hydrogen-bond donors (Lipinski definition) is 0. The first-order chi connectivity index (χ1) is 26.8. The van der Waals surface area contributed by atoms with Gasteiger partial charge in [-0.25, -0.2) is 9.97 Å². The summed E-state index contributed by atoms with van der Waals surface area (Å²) >= 11 is 3.75. The number of thiophene rings is 2. The molecule has 0 N–H and O–H groups in total. The minimum atomic E-state index is 0.918. The molecule has 12 rings (SSSR count). The minimum absolute atomic E-state index is 0.918. The monoisotopic (exact) mass is 724 g/mol. The highest BCUT2D eigenvalue weighted by Gasteiger charge is 2.18. The number of nitrogens with zero attached hydrogens (tertiary/aromatic N) is 4. The van der Waals surface area contributed by atoms with Gasteiger partial charge < -0.3 is 0 Å². The second-order valence-electron chi connectivity index (χ2n) is 13.8. The zero-order valence-corrected chi connectivity index (χ0v) is 30.4. The van der Waals surface area contributed by atoms with Crippen LogP contribution >= 0.6 is 22.7 Å². The molecular formula is C48H28N4S2. The van der Waals surface area contributed by atoms with E-state index in [0.29, 0.717) is 0 Å². The van der Waals surface area contributed by atoms with Crippen LogP contribution in [0.15, 0.2) is 170 Å². The van der Waals surface area contributed by atoms with Gasteiger partial charge in [0.2, 0.25) is 0 Å². The van der Waals surface area contributed by atoms with E-state index in [1.54, 1.807) is 0 Å². The number of aromatic nitrogens is 4. The van der Waals surface area contributed by atoms with Crippen molar-refractivity contribution in [2.75, 3.05) is 0 Å². The maximum Gasteiger partial charge on any atom is 0.138 e. The van der Waals surface area contributed by atoms with Gasteiger partial charge in [-0.15, -0.1) is 22.7 Å². The van der Waals surface area contributed by atoms with Crippen LogP contribution in [0.3, 0.4) is 0 Å². The highest BCUT2D eigenvalue weighted by Crippen LogP contribution is 2.46. The fourth-order valence-corrected chi connectivity index (χ4v) is 11.0. The van der Waals surface area contributed by atoms with Gasteiger partial charge >= 0.3 is 0 Å². The van der Waals surface area contributed by atoms with E-state index in [1.807, 2.05) is 22.7 Å². The number of rotatable bonds is 4. The lowest BCUT2D eigenvalue weighted by molar-refractivity contribution is 1.08. The van der Waals surface area contributed by atoms with Crippen molar-refractivity contribution in [1.29, 1.82) is 0 Å². The molecule has 0 aliphatic heterocycles. The van der Waals surface area contributed by atoms with Crippen LogP contribution in [-0.2, 0) is 0 Å². The molecule has 12 aromatic rings. The van der Waals surface area contributed by atoms with E-state index in [0.717, 1.165) is 56.2 Å². The number of fused-ring (bicyclic) bond motifs is 11. The van der Waals surface area contributed by atoms with E-state index in [2.05, 4.69) is 179 Å². The Morgan fingerprint density at radius 3 is 1.15 bits per heavy atom. The molecule has 252 valence electrons. The van der Waals surface area contributed by atoms with Crippen molar-refractivity contribution >= 4 is 95.9 Å². The van der Waals surface area contributed by atoms with Crippen molar-refractivity contribution in [2.24, 2.45) is 0 Å². The molecule has 4 nitrogen and oxygen atoms in total. The molecule has 54 heavy (non-hydrogen) atoms. The zero-order valence-electron chi connectivity index (χ0n) is 28.8. The third-order valence-electron chi connectivity index (χ3n) is 10.8. The Morgan fingerprint density at radius 2 is 0.741 bits per heavy atom. The second-order valence-corrected chi connectivity index (χ2v) is 16.2. The summed E-state index contributed by atoms with van der Waals surface area (Å²) in [6, 6.07) is 60.8. The molecule has 6 aromatic heterocycles. The maximum atomic E-state index is 5.29. The molecule has 0 spiro atoms. The lowest BCUT2D eigenvalue weighted by Crippen LogP contribution is -1.98. The molecule has 0 amide bonds. The van der Waals surface area contributed by atoms with Gasteiger partial charge in [0, 0.05) is 58.2 Å². The molecule has 6 heteroatoms. The zero-order chi connectivity index (χ0) is 35.3. The fourth-order valence-electron chi connectivity index (χ4n) is 8.39. The Balaban J connectivity index is 0.986. The van der Waals surface area contributed by atoms with Gasteiger partial charge in [0.25, 0.3) is 0 Å². The van der Waals surface area contributed by atoms with Crippen molar-refractivity contribution in [3.63, 3.8) is 0 Å². The normalized spacial score (nSPS) is 12.1. The molecule has 6 aromatic carbocycles. The quantitative estimate of drug-likeness (QED) is 0.181. The van der Waals surface area contributed by atoms with Gasteiger partial charge in [-0.3, -0.25) is 9.13 Å². The van der Waals surface area contributed by atoms with Crippen LogP contribution in [0.5, 0.6) is 0 Å². The van der Waals surface area contributed by atoms with Gasteiger partial charge in [-0.05, 0) is 72.8 Å². The molecule has 0 saturated carbocycles. The highest BCUT2D eigenvalue weighted by molar-refractivity contribution is 7.44. The van der Waals surface area contributed by atoms with Crippen molar-refractivity contribution in [2.45, 2.75) is 0 Å². The van der Waals surface area contributed by atoms with E-state index in [4.69, 9.17) is 9.97 Å². The van der Waals surface area contributed by atoms with Gasteiger partial charge in [0.05, 0.1) is 37.5 Å². The van der Waals surface area contributed by atoms with Crippen LogP contribution in [0.4, 0.5) is 0 Å². The third-order valence-corrected chi connectivity index (χ3v) is 13.2. The molecule has 0 aliphatic rings. The molecule has 0 radical (unpaired) electrons. The molecule has 0 saturated heterocycles. The minimum Gasteiger partial charge on any atom is -0.294 e. The Hall–Kier alpha value is -6.60. The van der Waals surface area contributed by atoms with Crippen molar-refractivity contribution in [1.82, 2.24) is 19.1 Å². The molecular weight excluding hydrogens is 697 g/mol. The molecule has 0 atom stereocenters. The standard InChI is InChI=1S/C48H28N4S2/c1-5-17-39-31(11-1)32-12-2-6-18-40(32)51(39)45-21-9-15-37(49-45)29-23-25-43-35(27-29)47-36-28-30(24-26-44(36)54-48(47)53-43)38-16-10-22-46(50-38)52-41-19-7-3-13-33(41)34-14-4-8-20-42(34)52/h1-28H. The maximum absolute atomic E-state index is 5.29. The first kappa shape index (κ1) is 29.9. The third kappa shape index (κ3) is 4.35. The summed E-state index contributed by atoms with van der Waals surface area (Å²) < 4.78 is 8.49. The van der Waals surface area contributed by atoms with E-state index in [-0.39, 0.29) is 0 Å². The summed E-state index contributed by atoms with van der Waals surface area (Å²) in [5, 5.41) is 8.80. The fraction of sp³-hybridized carbons (Fsp3) is 0. The first-order valence-electron chi connectivity index (χ1n) is 18.1. The highest BCUT2D eigenvalue weighted by atomic mass is 32.2. The SMILES string of the molecule is c1cc(-c2ccc3sc4sc5ccc(-c6cccc(-n7c8ccccc8c8ccccc87)n6)cc5c4c3c2)nc(-n2c3ccccc3c3ccccc32)c1. The average molecular weight is 725 g/mol. The predicted octanol–water partition coefficient (Wildman–Crippen LogP) is 13.6. The Morgan fingerprint density at radius 1 is 0.352 bits per heavy atom. The van der Waals surface area contributed by atoms with E-state index in [9.17, 15) is 0 Å². The molecule has 0 fully saturated rings. The molecule has 6 heterocycles. The first-order valence-corrected chi connectivity index (χ1v) is 19.7. The molecule has 0 unspecified atom stereocenters. The van der Waals surface area contributed by atoms with Crippen LogP contribution in [0.1, 0.15) is 0 Å². The number of benzene rings is 6. The Kier molecular flexibility index (Phi) is 6.34. The van der Waals surface area contributed by atoms with Crippen molar-refractivity contribution in [3.05, 3.63) is 170 Å². The summed E-state index contributed by atoms with van der Waals surface area (Å²) in [6.45, 7) is 0. The Labute approximate surface area is 317 Å². The lowest BCUT2D eigenvalue weighted by Gasteiger charge is -2.10. The largest absolute Gasteiger partial charge is 0.294 e. The van der Waals surface area contributed by atoms with Crippen molar-refractivity contribution in [3.8, 4) is 34.2 Å². The van der Waals surface area contributed by atoms with Crippen molar-refractivity contribution < 1.29 is 0 Å². The van der Waals surface area contributed by atoms with Gasteiger partial charge in [-0.1, -0.05) is 97.1 Å². The molecule has 0 bridgehead atoms. The topological polar surface area (TPSA) is 35.6 Å². The lowest BCUT2D eigenvalue weighted by atomic mass is 10.0. The van der Waals surface area contributed by atoms with Gasteiger partial charge in [0.15, 0.2) is 0 Å². The van der Waals surface area contributed by atoms with Crippen LogP contribution in [0, 0.1) is 0 Å². The van der Waals surface area contributed by atoms with Crippen LogP contribution in [0.2, 0.25) is 0 Å². The summed E-state index contributed by atoms with van der Waals surface area (Å²) in [5.41, 5.74) is 8.79. The summed E-state index contributed by atoms with van der Waals surface area (Å²) in [5.74, 6) is 1.84. The average Bonchev–Trinajstić information content (AvgIpc) is 3.97. The second kappa shape index (κ2) is 11.4. The van der Waals surface area contributed by atoms with Crippen LogP contribution in [0.25, 0.3) is 107 Å². The van der Waals surface area contributed by atoms with Crippen LogP contribution in [-0.4, -0.2) is 19.1 Å². The smallest absolute Gasteiger partial charge is 0.138 e. The number of pyridine rings is 2. The molecule has 0 aliphatic carbocycles. The van der Waals surface area contributed by atoms with E-state index >= 15 is 0 Å². The number of para-hydroxylation sites is 4. The summed E-state index contributed by atoms with van der Waals surface area (Å²) in [4.78, 5) is 10.6. The van der Waals surface area contributed by atoms with E-state index < -0.39 is 0 Å². The summed E-state index contributed by atoms with van der Waals surface area (Å²) in [7, 11) is 0. The Bertz CT molecular complexity index is 3140. The van der Waals surface area contributed by atoms with Gasteiger partial charge in [0.1, 0.15) is 11.6 Å². The van der Waals surface area contributed by atoms with Gasteiger partial charge in [-0.2, -0.15) is 0 Å². The van der Waals surface area contributed by atoms with E-state index in [1.165, 1.54) is 51.1 Å².